The van der Waals surface area contributed by atoms with Crippen LogP contribution in [0.25, 0.3) is 16.5 Å². The lowest BCUT2D eigenvalue weighted by molar-refractivity contribution is -0.128. The van der Waals surface area contributed by atoms with E-state index in [4.69, 9.17) is 0 Å². The Hall–Kier alpha value is -4.40. The molecule has 0 spiro atoms. The highest BCUT2D eigenvalue weighted by molar-refractivity contribution is 6.08. The second-order valence-corrected chi connectivity index (χ2v) is 8.84. The summed E-state index contributed by atoms with van der Waals surface area (Å²) < 4.78 is 44.0. The number of nitrogens with one attached hydrogen (secondary N) is 1. The van der Waals surface area contributed by atoms with E-state index >= 15 is 4.39 Å². The summed E-state index contributed by atoms with van der Waals surface area (Å²) in [7, 11) is 0. The van der Waals surface area contributed by atoms with Gasteiger partial charge in [-0.1, -0.05) is 30.3 Å². The standard InChI is InChI=1S/C28H22F3N3O3/c29-18-6-1-5-17(13-18)15-32-27(36)26-21-9-3-10-22(31)25(21)28(37)34(20-8-2-7-19(30)14-20)23(26)16-33-12-4-11-24(33)35/h1-3,5-10,13-14H,4,11-12,15-16H2,(H,32,36). The van der Waals surface area contributed by atoms with Gasteiger partial charge in [0.15, 0.2) is 0 Å². The van der Waals surface area contributed by atoms with Gasteiger partial charge in [-0.2, -0.15) is 0 Å². The Kier molecular flexibility index (Phi) is 6.52. The van der Waals surface area contributed by atoms with E-state index in [0.29, 0.717) is 24.9 Å². The highest BCUT2D eigenvalue weighted by atomic mass is 19.1. The second-order valence-electron chi connectivity index (χ2n) is 8.84. The summed E-state index contributed by atoms with van der Waals surface area (Å²) >= 11 is 0. The van der Waals surface area contributed by atoms with Crippen LogP contribution in [0.4, 0.5) is 13.2 Å². The number of carbonyl (C=O) groups excluding carboxylic acids is 2. The van der Waals surface area contributed by atoms with Gasteiger partial charge < -0.3 is 10.2 Å². The molecule has 5 rings (SSSR count). The molecular formula is C28H22F3N3O3. The number of hydrogen-bond donors (Lipinski definition) is 1. The van der Waals surface area contributed by atoms with Gasteiger partial charge in [0.25, 0.3) is 11.5 Å². The first-order chi connectivity index (χ1) is 17.8. The van der Waals surface area contributed by atoms with Gasteiger partial charge in [0.05, 0.1) is 28.9 Å². The molecule has 1 aliphatic heterocycles. The van der Waals surface area contributed by atoms with Crippen LogP contribution < -0.4 is 10.9 Å². The lowest BCUT2D eigenvalue weighted by atomic mass is 10.0. The predicted octanol–water partition coefficient (Wildman–Crippen LogP) is 4.46. The third kappa shape index (κ3) is 4.72. The fourth-order valence-corrected chi connectivity index (χ4v) is 4.71. The summed E-state index contributed by atoms with van der Waals surface area (Å²) in [6, 6.07) is 14.8. The second kappa shape index (κ2) is 9.93. The molecule has 6 nitrogen and oxygen atoms in total. The molecule has 2 amide bonds. The molecule has 0 unspecified atom stereocenters. The van der Waals surface area contributed by atoms with Crippen LogP contribution in [0.5, 0.6) is 0 Å². The number of fused-ring (bicyclic) bond motifs is 1. The summed E-state index contributed by atoms with van der Waals surface area (Å²) in [6.45, 7) is 0.274. The summed E-state index contributed by atoms with van der Waals surface area (Å²) in [5.41, 5.74) is -0.0771. The van der Waals surface area contributed by atoms with E-state index in [9.17, 15) is 23.2 Å². The van der Waals surface area contributed by atoms with Crippen LogP contribution in [-0.4, -0.2) is 27.8 Å². The molecule has 0 saturated carbocycles. The fourth-order valence-electron chi connectivity index (χ4n) is 4.71. The Bertz CT molecular complexity index is 1600. The van der Waals surface area contributed by atoms with Gasteiger partial charge in [0.1, 0.15) is 17.5 Å². The minimum Gasteiger partial charge on any atom is -0.348 e. The van der Waals surface area contributed by atoms with Crippen molar-refractivity contribution >= 4 is 22.6 Å². The van der Waals surface area contributed by atoms with Gasteiger partial charge in [0, 0.05) is 24.9 Å². The number of pyridine rings is 1. The quantitative estimate of drug-likeness (QED) is 0.421. The number of benzene rings is 3. The number of rotatable bonds is 6. The van der Waals surface area contributed by atoms with Gasteiger partial charge in [0.2, 0.25) is 5.91 Å². The SMILES string of the molecule is O=C(NCc1cccc(F)c1)c1c(CN2CCCC2=O)n(-c2cccc(F)c2)c(=O)c2c(F)cccc12. The largest absolute Gasteiger partial charge is 0.348 e. The highest BCUT2D eigenvalue weighted by Gasteiger charge is 2.28. The fraction of sp³-hybridized carbons (Fsp3) is 0.179. The molecule has 1 aromatic heterocycles. The normalized spacial score (nSPS) is 13.4. The van der Waals surface area contributed by atoms with E-state index in [1.807, 2.05) is 0 Å². The smallest absolute Gasteiger partial charge is 0.266 e. The molecule has 188 valence electrons. The molecule has 1 saturated heterocycles. The zero-order valence-electron chi connectivity index (χ0n) is 19.6. The lowest BCUT2D eigenvalue weighted by Gasteiger charge is -2.24. The van der Waals surface area contributed by atoms with Crippen LogP contribution in [0.3, 0.4) is 0 Å². The van der Waals surface area contributed by atoms with Gasteiger partial charge in [-0.25, -0.2) is 13.2 Å². The monoisotopic (exact) mass is 505 g/mol. The van der Waals surface area contributed by atoms with E-state index in [2.05, 4.69) is 5.32 Å². The molecule has 1 aliphatic rings. The van der Waals surface area contributed by atoms with Crippen LogP contribution >= 0.6 is 0 Å². The minimum absolute atomic E-state index is 0.0190. The van der Waals surface area contributed by atoms with Crippen molar-refractivity contribution in [1.29, 1.82) is 0 Å². The van der Waals surface area contributed by atoms with Crippen LogP contribution in [0.2, 0.25) is 0 Å². The van der Waals surface area contributed by atoms with E-state index in [1.54, 1.807) is 6.07 Å². The molecular weight excluding hydrogens is 483 g/mol. The van der Waals surface area contributed by atoms with Crippen molar-refractivity contribution in [2.24, 2.45) is 0 Å². The Morgan fingerprint density at radius 3 is 2.35 bits per heavy atom. The van der Waals surface area contributed by atoms with Crippen molar-refractivity contribution in [1.82, 2.24) is 14.8 Å². The third-order valence-corrected chi connectivity index (χ3v) is 6.41. The van der Waals surface area contributed by atoms with Gasteiger partial charge in [-0.05, 0) is 48.4 Å². The predicted molar refractivity (Wildman–Crippen MR) is 132 cm³/mol. The van der Waals surface area contributed by atoms with Crippen LogP contribution in [0, 0.1) is 17.5 Å². The molecule has 0 bridgehead atoms. The molecule has 0 radical (unpaired) electrons. The average molecular weight is 505 g/mol. The summed E-state index contributed by atoms with van der Waals surface area (Å²) in [4.78, 5) is 41.3. The number of halogens is 3. The zero-order valence-corrected chi connectivity index (χ0v) is 19.6. The number of aromatic nitrogens is 1. The molecule has 37 heavy (non-hydrogen) atoms. The Balaban J connectivity index is 1.74. The Labute approximate surface area is 209 Å². The van der Waals surface area contributed by atoms with Crippen LogP contribution in [0.1, 0.15) is 34.5 Å². The van der Waals surface area contributed by atoms with Gasteiger partial charge in [-0.3, -0.25) is 19.0 Å². The van der Waals surface area contributed by atoms with Gasteiger partial charge in [-0.15, -0.1) is 0 Å². The maximum Gasteiger partial charge on any atom is 0.266 e. The van der Waals surface area contributed by atoms with Crippen LogP contribution in [0.15, 0.2) is 71.5 Å². The van der Waals surface area contributed by atoms with E-state index in [1.165, 1.54) is 53.4 Å². The number of hydrogen-bond acceptors (Lipinski definition) is 3. The molecule has 1 fully saturated rings. The maximum absolute atomic E-state index is 15.0. The molecule has 1 N–H and O–H groups in total. The van der Waals surface area contributed by atoms with Crippen molar-refractivity contribution in [2.45, 2.75) is 25.9 Å². The Morgan fingerprint density at radius 1 is 0.919 bits per heavy atom. The van der Waals surface area contributed by atoms with Crippen molar-refractivity contribution in [3.05, 3.63) is 111 Å². The van der Waals surface area contributed by atoms with E-state index in [-0.39, 0.29) is 46.7 Å². The molecule has 0 atom stereocenters. The topological polar surface area (TPSA) is 71.4 Å². The van der Waals surface area contributed by atoms with E-state index in [0.717, 1.165) is 16.7 Å². The number of carbonyl (C=O) groups is 2. The molecule has 9 heteroatoms. The lowest BCUT2D eigenvalue weighted by Crippen LogP contribution is -2.35. The first-order valence-corrected chi connectivity index (χ1v) is 11.8. The zero-order chi connectivity index (χ0) is 26.1. The van der Waals surface area contributed by atoms with E-state index < -0.39 is 28.9 Å². The summed E-state index contributed by atoms with van der Waals surface area (Å²) in [5, 5.41) is 2.45. The summed E-state index contributed by atoms with van der Waals surface area (Å²) in [5.74, 6) is -2.73. The first-order valence-electron chi connectivity index (χ1n) is 11.8. The van der Waals surface area contributed by atoms with Crippen molar-refractivity contribution in [2.75, 3.05) is 6.54 Å². The first kappa shape index (κ1) is 24.3. The number of likely N-dealkylation sites (tertiary alicyclic amines) is 1. The molecule has 2 heterocycles. The Morgan fingerprint density at radius 2 is 1.65 bits per heavy atom. The molecule has 4 aromatic rings. The average Bonchev–Trinajstić information content (AvgIpc) is 3.27. The summed E-state index contributed by atoms with van der Waals surface area (Å²) in [6.07, 6.45) is 0.944. The van der Waals surface area contributed by atoms with Gasteiger partial charge >= 0.3 is 0 Å². The van der Waals surface area contributed by atoms with Crippen molar-refractivity contribution in [3.8, 4) is 5.69 Å². The van der Waals surface area contributed by atoms with Crippen LogP contribution in [-0.2, 0) is 17.9 Å². The number of nitrogens with zero attached hydrogens (tertiary/aromatic N) is 2. The molecule has 0 aliphatic carbocycles. The van der Waals surface area contributed by atoms with Crippen molar-refractivity contribution in [3.63, 3.8) is 0 Å². The number of amides is 2. The maximum atomic E-state index is 15.0. The van der Waals surface area contributed by atoms with Crippen molar-refractivity contribution < 1.29 is 22.8 Å². The third-order valence-electron chi connectivity index (χ3n) is 6.41. The molecule has 3 aromatic carbocycles. The minimum atomic E-state index is -0.837. The highest BCUT2D eigenvalue weighted by Crippen LogP contribution is 2.27.